The van der Waals surface area contributed by atoms with Crippen LogP contribution in [-0.2, 0) is 18.0 Å². The lowest BCUT2D eigenvalue weighted by atomic mass is 9.87. The van der Waals surface area contributed by atoms with Gasteiger partial charge in [-0.2, -0.15) is 0 Å². The number of fused-ring (bicyclic) bond motifs is 1. The summed E-state index contributed by atoms with van der Waals surface area (Å²) in [5.74, 6) is 0.767. The highest BCUT2D eigenvalue weighted by Crippen LogP contribution is 2.40. The lowest BCUT2D eigenvalue weighted by Gasteiger charge is -2.26. The minimum absolute atomic E-state index is 0.558. The molecular weight excluding hydrogens is 238 g/mol. The molecule has 6 heteroatoms. The van der Waals surface area contributed by atoms with E-state index in [0.29, 0.717) is 12.2 Å². The van der Waals surface area contributed by atoms with Crippen LogP contribution in [0.1, 0.15) is 25.7 Å². The van der Waals surface area contributed by atoms with Gasteiger partial charge in [-0.3, -0.25) is 4.98 Å². The normalized spacial score (nSPS) is 32.3. The molecule has 0 amide bonds. The van der Waals surface area contributed by atoms with Crippen LogP contribution in [0, 0.1) is 5.92 Å². The molecule has 0 bridgehead atoms. The summed E-state index contributed by atoms with van der Waals surface area (Å²) in [6.07, 6.45) is 6.01. The lowest BCUT2D eigenvalue weighted by molar-refractivity contribution is 0.109. The molecule has 2 fully saturated rings. The maximum absolute atomic E-state index is 5.53. The van der Waals surface area contributed by atoms with E-state index < -0.39 is 8.97 Å². The summed E-state index contributed by atoms with van der Waals surface area (Å²) in [5, 5.41) is 0. The van der Waals surface area contributed by atoms with Crippen molar-refractivity contribution in [3.8, 4) is 0 Å². The second kappa shape index (κ2) is 5.77. The molecule has 3 unspecified atom stereocenters. The van der Waals surface area contributed by atoms with Gasteiger partial charge in [0.15, 0.2) is 0 Å². The molecule has 1 heterocycles. The third kappa shape index (κ3) is 3.27. The largest absolute Gasteiger partial charge is 0.595 e. The minimum atomic E-state index is -2.59. The maximum atomic E-state index is 5.53. The Balaban J connectivity index is 1.67. The Morgan fingerprint density at radius 1 is 1.12 bits per heavy atom. The fraction of sp³-hybridized carbons (Fsp3) is 1.00. The van der Waals surface area contributed by atoms with Crippen molar-refractivity contribution in [2.24, 2.45) is 5.92 Å². The van der Waals surface area contributed by atoms with Gasteiger partial charge in [0.2, 0.25) is 0 Å². The molecule has 1 saturated heterocycles. The number of epoxide rings is 1. The lowest BCUT2D eigenvalue weighted by Crippen LogP contribution is -2.57. The summed E-state index contributed by atoms with van der Waals surface area (Å²) >= 11 is 0. The quantitative estimate of drug-likeness (QED) is 0.545. The van der Waals surface area contributed by atoms with Crippen LogP contribution < -0.4 is 4.98 Å². The number of hydrogen-bond acceptors (Lipinski definition) is 5. The van der Waals surface area contributed by atoms with E-state index in [1.54, 1.807) is 21.3 Å². The highest BCUT2D eigenvalue weighted by molar-refractivity contribution is 6.57. The van der Waals surface area contributed by atoms with Crippen molar-refractivity contribution < 1.29 is 18.0 Å². The van der Waals surface area contributed by atoms with Crippen LogP contribution in [0.25, 0.3) is 0 Å². The molecular formula is C11H23NO4Si. The number of hydrogen-bond donors (Lipinski definition) is 1. The number of nitrogens with one attached hydrogen (secondary N) is 1. The smallest absolute Gasteiger partial charge is 0.370 e. The molecule has 17 heavy (non-hydrogen) atoms. The van der Waals surface area contributed by atoms with Crippen molar-refractivity contribution in [3.63, 3.8) is 0 Å². The average Bonchev–Trinajstić information content (AvgIpc) is 3.14. The molecule has 2 rings (SSSR count). The molecule has 2 aliphatic rings. The molecule has 1 aliphatic heterocycles. The van der Waals surface area contributed by atoms with Gasteiger partial charge in [-0.25, -0.2) is 0 Å². The van der Waals surface area contributed by atoms with E-state index >= 15 is 0 Å². The Morgan fingerprint density at radius 2 is 1.82 bits per heavy atom. The van der Waals surface area contributed by atoms with E-state index in [-0.39, 0.29) is 0 Å². The van der Waals surface area contributed by atoms with Crippen molar-refractivity contribution in [2.45, 2.75) is 37.9 Å². The van der Waals surface area contributed by atoms with Gasteiger partial charge in [0, 0.05) is 21.3 Å². The van der Waals surface area contributed by atoms with Gasteiger partial charge >= 0.3 is 8.97 Å². The molecule has 1 N–H and O–H groups in total. The molecule has 5 nitrogen and oxygen atoms in total. The summed E-state index contributed by atoms with van der Waals surface area (Å²) in [6, 6.07) is 0. The second-order valence-electron chi connectivity index (χ2n) is 4.78. The van der Waals surface area contributed by atoms with Crippen LogP contribution in [-0.4, -0.2) is 49.0 Å². The second-order valence-corrected chi connectivity index (χ2v) is 7.47. The molecule has 3 atom stereocenters. The highest BCUT2D eigenvalue weighted by atomic mass is 28.4. The van der Waals surface area contributed by atoms with Crippen molar-refractivity contribution in [1.82, 2.24) is 4.98 Å². The standard InChI is InChI=1S/C11H23NO4Si/c1-13-17(14-2,15-3)12-7-6-9-4-5-10-11(8-9)16-10/h9-12H,4-8H2,1-3H3. The third-order valence-corrected chi connectivity index (χ3v) is 6.11. The van der Waals surface area contributed by atoms with Crippen LogP contribution in [0.4, 0.5) is 0 Å². The van der Waals surface area contributed by atoms with Gasteiger partial charge in [-0.05, 0) is 38.1 Å². The molecule has 100 valence electrons. The van der Waals surface area contributed by atoms with E-state index in [9.17, 15) is 0 Å². The Kier molecular flexibility index (Phi) is 4.57. The van der Waals surface area contributed by atoms with E-state index in [4.69, 9.17) is 18.0 Å². The van der Waals surface area contributed by atoms with Gasteiger partial charge in [0.05, 0.1) is 12.2 Å². The highest BCUT2D eigenvalue weighted by Gasteiger charge is 2.44. The predicted octanol–water partition coefficient (Wildman–Crippen LogP) is 0.908. The first-order chi connectivity index (χ1) is 8.23. The first-order valence-electron chi connectivity index (χ1n) is 6.29. The van der Waals surface area contributed by atoms with E-state index in [1.165, 1.54) is 19.3 Å². The molecule has 0 aromatic rings. The Bertz CT molecular complexity index is 241. The van der Waals surface area contributed by atoms with Crippen LogP contribution in [0.2, 0.25) is 0 Å². The van der Waals surface area contributed by atoms with Crippen LogP contribution in [0.15, 0.2) is 0 Å². The van der Waals surface area contributed by atoms with Crippen LogP contribution in [0.3, 0.4) is 0 Å². The molecule has 0 aromatic heterocycles. The van der Waals surface area contributed by atoms with E-state index in [0.717, 1.165) is 18.9 Å². The van der Waals surface area contributed by atoms with Crippen LogP contribution in [0.5, 0.6) is 0 Å². The van der Waals surface area contributed by atoms with Crippen LogP contribution >= 0.6 is 0 Å². The maximum Gasteiger partial charge on any atom is 0.595 e. The average molecular weight is 261 g/mol. The Morgan fingerprint density at radius 3 is 2.41 bits per heavy atom. The molecule has 1 saturated carbocycles. The summed E-state index contributed by atoms with van der Waals surface area (Å²) in [5.41, 5.74) is 0. The molecule has 0 spiro atoms. The molecule has 0 aromatic carbocycles. The zero-order chi connectivity index (χ0) is 12.3. The first-order valence-corrected chi connectivity index (χ1v) is 8.01. The predicted molar refractivity (Wildman–Crippen MR) is 65.4 cm³/mol. The number of rotatable bonds is 7. The summed E-state index contributed by atoms with van der Waals surface area (Å²) in [4.78, 5) is 3.29. The van der Waals surface area contributed by atoms with Gasteiger partial charge in [0.1, 0.15) is 0 Å². The van der Waals surface area contributed by atoms with Crippen molar-refractivity contribution in [2.75, 3.05) is 27.9 Å². The zero-order valence-electron chi connectivity index (χ0n) is 10.9. The summed E-state index contributed by atoms with van der Waals surface area (Å²) in [7, 11) is 2.27. The third-order valence-electron chi connectivity index (χ3n) is 3.81. The van der Waals surface area contributed by atoms with Gasteiger partial charge in [0.25, 0.3) is 0 Å². The fourth-order valence-corrected chi connectivity index (χ4v) is 4.03. The first kappa shape index (κ1) is 13.4. The van der Waals surface area contributed by atoms with Gasteiger partial charge in [-0.15, -0.1) is 0 Å². The van der Waals surface area contributed by atoms with Gasteiger partial charge < -0.3 is 18.0 Å². The fourth-order valence-electron chi connectivity index (χ4n) is 2.64. The van der Waals surface area contributed by atoms with Crippen molar-refractivity contribution in [1.29, 1.82) is 0 Å². The Labute approximate surface area is 104 Å². The Hall–Kier alpha value is 0.0169. The van der Waals surface area contributed by atoms with Crippen molar-refractivity contribution in [3.05, 3.63) is 0 Å². The molecule has 0 radical (unpaired) electrons. The van der Waals surface area contributed by atoms with Gasteiger partial charge in [-0.1, -0.05) is 0 Å². The topological polar surface area (TPSA) is 52.2 Å². The monoisotopic (exact) mass is 261 g/mol. The van der Waals surface area contributed by atoms with E-state index in [1.807, 2.05) is 0 Å². The minimum Gasteiger partial charge on any atom is -0.370 e. The molecule has 1 aliphatic carbocycles. The SMILES string of the molecule is CO[Si](NCCC1CCC2OC2C1)(OC)OC. The number of ether oxygens (including phenoxy) is 1. The zero-order valence-corrected chi connectivity index (χ0v) is 11.9. The van der Waals surface area contributed by atoms with Crippen molar-refractivity contribution >= 4 is 8.97 Å². The summed E-state index contributed by atoms with van der Waals surface area (Å²) in [6.45, 7) is 0.879. The van der Waals surface area contributed by atoms with E-state index in [2.05, 4.69) is 4.98 Å². The summed E-state index contributed by atoms with van der Waals surface area (Å²) < 4.78 is 21.5.